The molecule has 0 unspecified atom stereocenters. The first-order valence-electron chi connectivity index (χ1n) is 6.03. The molecule has 0 aliphatic carbocycles. The van der Waals surface area contributed by atoms with Gasteiger partial charge in [-0.25, -0.2) is 18.7 Å². The molecule has 0 saturated heterocycles. The largest absolute Gasteiger partial charge is 0.400 e. The Hall–Kier alpha value is -2.08. The van der Waals surface area contributed by atoms with Crippen LogP contribution in [-0.2, 0) is 0 Å². The summed E-state index contributed by atoms with van der Waals surface area (Å²) in [5.41, 5.74) is 2.35. The van der Waals surface area contributed by atoms with Gasteiger partial charge in [0.05, 0.1) is 0 Å². The molecule has 2 rings (SSSR count). The number of nitrogens with zero attached hydrogens (tertiary/aromatic N) is 3. The van der Waals surface area contributed by atoms with E-state index in [0.29, 0.717) is 22.5 Å². The fourth-order valence-electron chi connectivity index (χ4n) is 1.98. The quantitative estimate of drug-likeness (QED) is 0.810. The van der Waals surface area contributed by atoms with E-state index in [-0.39, 0.29) is 0 Å². The molecular weight excluding hydrogens is 264 g/mol. The van der Waals surface area contributed by atoms with Crippen molar-refractivity contribution in [1.82, 2.24) is 15.0 Å². The molecule has 0 fully saturated rings. The summed E-state index contributed by atoms with van der Waals surface area (Å²) in [7, 11) is 3.10. The summed E-state index contributed by atoms with van der Waals surface area (Å²) in [5.74, 6) is -1.96. The maximum Gasteiger partial charge on any atom is 0.218 e. The molecule has 0 aliphatic rings. The molecule has 0 aliphatic heterocycles. The number of hydrogen-bond donors (Lipinski definition) is 0. The normalized spacial score (nSPS) is 10.9. The molecule has 0 saturated carbocycles. The van der Waals surface area contributed by atoms with E-state index >= 15 is 0 Å². The molecule has 0 bridgehead atoms. The third kappa shape index (κ3) is 2.75. The van der Waals surface area contributed by atoms with Crippen molar-refractivity contribution in [2.24, 2.45) is 0 Å². The molecule has 0 spiro atoms. The van der Waals surface area contributed by atoms with E-state index in [1.165, 1.54) is 23.5 Å². The molecule has 20 heavy (non-hydrogen) atoms. The van der Waals surface area contributed by atoms with E-state index in [2.05, 4.69) is 9.97 Å². The van der Waals surface area contributed by atoms with Gasteiger partial charge < -0.3 is 4.84 Å². The van der Waals surface area contributed by atoms with Gasteiger partial charge in [-0.1, -0.05) is 0 Å². The van der Waals surface area contributed by atoms with Crippen molar-refractivity contribution in [3.05, 3.63) is 41.5 Å². The van der Waals surface area contributed by atoms with Crippen LogP contribution in [0, 0.1) is 25.5 Å². The lowest BCUT2D eigenvalue weighted by atomic mass is 10.0. The minimum Gasteiger partial charge on any atom is -0.400 e. The molecule has 0 amide bonds. The highest BCUT2D eigenvalue weighted by molar-refractivity contribution is 5.68. The summed E-state index contributed by atoms with van der Waals surface area (Å²) in [5, 5.41) is 1.23. The number of hydrogen-bond acceptors (Lipinski definition) is 4. The smallest absolute Gasteiger partial charge is 0.218 e. The SMILES string of the molecule is Cc1ncnc(C)c1-c1cc(F)c(ON(C)C)c(F)c1. The maximum atomic E-state index is 14.0. The van der Waals surface area contributed by atoms with Crippen LogP contribution in [0.1, 0.15) is 11.4 Å². The molecule has 1 aromatic heterocycles. The van der Waals surface area contributed by atoms with Crippen LogP contribution in [-0.4, -0.2) is 29.1 Å². The van der Waals surface area contributed by atoms with Crippen LogP contribution in [0.15, 0.2) is 18.5 Å². The molecule has 2 aromatic rings. The summed E-state index contributed by atoms with van der Waals surface area (Å²) in [6.07, 6.45) is 1.42. The summed E-state index contributed by atoms with van der Waals surface area (Å²) in [6, 6.07) is 2.45. The summed E-state index contributed by atoms with van der Waals surface area (Å²) < 4.78 is 28.0. The van der Waals surface area contributed by atoms with Crippen LogP contribution < -0.4 is 4.84 Å². The van der Waals surface area contributed by atoms with Gasteiger partial charge in [-0.15, -0.1) is 5.06 Å². The van der Waals surface area contributed by atoms with Crippen molar-refractivity contribution in [3.63, 3.8) is 0 Å². The second kappa shape index (κ2) is 5.50. The number of hydroxylamine groups is 2. The minimum absolute atomic E-state index is 0.390. The molecule has 0 atom stereocenters. The van der Waals surface area contributed by atoms with Crippen LogP contribution in [0.3, 0.4) is 0 Å². The van der Waals surface area contributed by atoms with E-state index in [4.69, 9.17) is 4.84 Å². The van der Waals surface area contributed by atoms with Crippen molar-refractivity contribution in [1.29, 1.82) is 0 Å². The average Bonchev–Trinajstić information content (AvgIpc) is 2.33. The lowest BCUT2D eigenvalue weighted by Gasteiger charge is -2.15. The fourth-order valence-corrected chi connectivity index (χ4v) is 1.98. The van der Waals surface area contributed by atoms with E-state index in [1.54, 1.807) is 27.9 Å². The molecule has 106 valence electrons. The maximum absolute atomic E-state index is 14.0. The van der Waals surface area contributed by atoms with Crippen LogP contribution in [0.5, 0.6) is 5.75 Å². The monoisotopic (exact) mass is 279 g/mol. The van der Waals surface area contributed by atoms with Crippen LogP contribution >= 0.6 is 0 Å². The first-order chi connectivity index (χ1) is 9.40. The third-order valence-electron chi connectivity index (χ3n) is 2.79. The van der Waals surface area contributed by atoms with Gasteiger partial charge in [0.15, 0.2) is 11.6 Å². The highest BCUT2D eigenvalue weighted by Crippen LogP contribution is 2.31. The lowest BCUT2D eigenvalue weighted by molar-refractivity contribution is -0.0116. The molecule has 0 N–H and O–H groups in total. The van der Waals surface area contributed by atoms with Crippen molar-refractivity contribution in [2.75, 3.05) is 14.1 Å². The molecule has 1 aromatic carbocycles. The van der Waals surface area contributed by atoms with Gasteiger partial charge in [0.25, 0.3) is 0 Å². The Labute approximate surface area is 116 Å². The van der Waals surface area contributed by atoms with Crippen LogP contribution in [0.25, 0.3) is 11.1 Å². The van der Waals surface area contributed by atoms with Gasteiger partial charge in [-0.05, 0) is 31.5 Å². The number of rotatable bonds is 3. The zero-order chi connectivity index (χ0) is 14.9. The van der Waals surface area contributed by atoms with Crippen molar-refractivity contribution in [3.8, 4) is 16.9 Å². The fraction of sp³-hybridized carbons (Fsp3) is 0.286. The Bertz CT molecular complexity index is 601. The molecular formula is C14H15F2N3O. The van der Waals surface area contributed by atoms with E-state index < -0.39 is 17.4 Å². The molecule has 0 radical (unpaired) electrons. The number of aromatic nitrogens is 2. The number of halogens is 2. The Morgan fingerprint density at radius 3 is 1.95 bits per heavy atom. The Morgan fingerprint density at radius 2 is 1.50 bits per heavy atom. The Morgan fingerprint density at radius 1 is 1.00 bits per heavy atom. The summed E-state index contributed by atoms with van der Waals surface area (Å²) >= 11 is 0. The van der Waals surface area contributed by atoms with Crippen molar-refractivity contribution < 1.29 is 13.6 Å². The molecule has 6 heteroatoms. The van der Waals surface area contributed by atoms with E-state index in [1.807, 2.05) is 0 Å². The zero-order valence-electron chi connectivity index (χ0n) is 11.7. The summed E-state index contributed by atoms with van der Waals surface area (Å²) in [6.45, 7) is 3.54. The predicted molar refractivity (Wildman–Crippen MR) is 71.2 cm³/mol. The lowest BCUT2D eigenvalue weighted by Crippen LogP contribution is -2.18. The van der Waals surface area contributed by atoms with E-state index in [0.717, 1.165) is 0 Å². The Kier molecular flexibility index (Phi) is 3.94. The van der Waals surface area contributed by atoms with Gasteiger partial charge in [0.2, 0.25) is 5.75 Å². The number of benzene rings is 1. The predicted octanol–water partition coefficient (Wildman–Crippen LogP) is 2.89. The second-order valence-electron chi connectivity index (χ2n) is 4.59. The van der Waals surface area contributed by atoms with Gasteiger partial charge in [-0.2, -0.15) is 0 Å². The van der Waals surface area contributed by atoms with E-state index in [9.17, 15) is 8.78 Å². The minimum atomic E-state index is -0.767. The van der Waals surface area contributed by atoms with Crippen molar-refractivity contribution >= 4 is 0 Å². The Balaban J connectivity index is 2.55. The molecule has 4 nitrogen and oxygen atoms in total. The highest BCUT2D eigenvalue weighted by atomic mass is 19.1. The highest BCUT2D eigenvalue weighted by Gasteiger charge is 2.17. The average molecular weight is 279 g/mol. The first kappa shape index (κ1) is 14.3. The first-order valence-corrected chi connectivity index (χ1v) is 6.03. The number of aryl methyl sites for hydroxylation is 2. The van der Waals surface area contributed by atoms with Crippen LogP contribution in [0.4, 0.5) is 8.78 Å². The van der Waals surface area contributed by atoms with Crippen LogP contribution in [0.2, 0.25) is 0 Å². The van der Waals surface area contributed by atoms with Gasteiger partial charge in [0, 0.05) is 31.0 Å². The zero-order valence-corrected chi connectivity index (χ0v) is 11.7. The van der Waals surface area contributed by atoms with Gasteiger partial charge in [-0.3, -0.25) is 0 Å². The summed E-state index contributed by atoms with van der Waals surface area (Å²) in [4.78, 5) is 13.1. The third-order valence-corrected chi connectivity index (χ3v) is 2.79. The van der Waals surface area contributed by atoms with Gasteiger partial charge in [0.1, 0.15) is 6.33 Å². The van der Waals surface area contributed by atoms with Crippen molar-refractivity contribution in [2.45, 2.75) is 13.8 Å². The topological polar surface area (TPSA) is 38.3 Å². The second-order valence-corrected chi connectivity index (χ2v) is 4.59. The molecule has 1 heterocycles. The standard InChI is InChI=1S/C14H15F2N3O/c1-8-13(9(2)18-7-17-8)10-5-11(15)14(12(16)6-10)20-19(3)4/h5-7H,1-4H3. The van der Waals surface area contributed by atoms with Gasteiger partial charge >= 0.3 is 0 Å².